The Bertz CT molecular complexity index is 609. The van der Waals surface area contributed by atoms with Gasteiger partial charge in [0.15, 0.2) is 0 Å². The SMILES string of the molecule is Cc1ccc(N(C)Cc2csc(Br)c2)c(C(=O)O)c1. The molecule has 0 radical (unpaired) electrons. The third-order valence-corrected chi connectivity index (χ3v) is 4.39. The Hall–Kier alpha value is -1.33. The molecule has 0 spiro atoms. The van der Waals surface area contributed by atoms with E-state index in [1.807, 2.05) is 31.0 Å². The van der Waals surface area contributed by atoms with E-state index in [4.69, 9.17) is 0 Å². The van der Waals surface area contributed by atoms with E-state index in [-0.39, 0.29) is 0 Å². The molecule has 0 aliphatic rings. The number of benzene rings is 1. The van der Waals surface area contributed by atoms with Crippen molar-refractivity contribution in [2.45, 2.75) is 13.5 Å². The summed E-state index contributed by atoms with van der Waals surface area (Å²) < 4.78 is 1.08. The van der Waals surface area contributed by atoms with E-state index in [0.29, 0.717) is 12.1 Å². The lowest BCUT2D eigenvalue weighted by atomic mass is 10.1. The van der Waals surface area contributed by atoms with Gasteiger partial charge in [-0.05, 0) is 52.0 Å². The summed E-state index contributed by atoms with van der Waals surface area (Å²) in [4.78, 5) is 13.3. The van der Waals surface area contributed by atoms with Crippen LogP contribution >= 0.6 is 27.3 Å². The maximum atomic E-state index is 11.3. The van der Waals surface area contributed by atoms with Gasteiger partial charge >= 0.3 is 5.97 Å². The standard InChI is InChI=1S/C14H14BrNO2S/c1-9-3-4-12(11(5-9)14(17)18)16(2)7-10-6-13(15)19-8-10/h3-6,8H,7H2,1-2H3,(H,17,18). The number of hydrogen-bond donors (Lipinski definition) is 1. The van der Waals surface area contributed by atoms with Crippen molar-refractivity contribution in [3.8, 4) is 0 Å². The molecule has 1 N–H and O–H groups in total. The molecule has 1 aromatic carbocycles. The first-order valence-electron chi connectivity index (χ1n) is 5.75. The fourth-order valence-corrected chi connectivity index (χ4v) is 3.14. The lowest BCUT2D eigenvalue weighted by Crippen LogP contribution is -2.19. The van der Waals surface area contributed by atoms with Crippen LogP contribution in [-0.2, 0) is 6.54 Å². The third kappa shape index (κ3) is 3.36. The van der Waals surface area contributed by atoms with Crippen molar-refractivity contribution in [3.63, 3.8) is 0 Å². The highest BCUT2D eigenvalue weighted by Gasteiger charge is 2.14. The maximum Gasteiger partial charge on any atom is 0.337 e. The van der Waals surface area contributed by atoms with Crippen molar-refractivity contribution in [2.24, 2.45) is 0 Å². The van der Waals surface area contributed by atoms with Gasteiger partial charge in [0, 0.05) is 13.6 Å². The molecule has 0 unspecified atom stereocenters. The van der Waals surface area contributed by atoms with Crippen molar-refractivity contribution in [1.29, 1.82) is 0 Å². The van der Waals surface area contributed by atoms with Gasteiger partial charge in [0.05, 0.1) is 15.0 Å². The monoisotopic (exact) mass is 339 g/mol. The molecular weight excluding hydrogens is 326 g/mol. The molecule has 19 heavy (non-hydrogen) atoms. The second kappa shape index (κ2) is 5.75. The van der Waals surface area contributed by atoms with Crippen molar-refractivity contribution in [2.75, 3.05) is 11.9 Å². The maximum absolute atomic E-state index is 11.3. The predicted molar refractivity (Wildman–Crippen MR) is 82.3 cm³/mol. The Morgan fingerprint density at radius 2 is 2.16 bits per heavy atom. The first-order valence-corrected chi connectivity index (χ1v) is 7.42. The minimum absolute atomic E-state index is 0.344. The first kappa shape index (κ1) is 14.1. The third-order valence-electron chi connectivity index (χ3n) is 2.84. The topological polar surface area (TPSA) is 40.5 Å². The summed E-state index contributed by atoms with van der Waals surface area (Å²) in [6.45, 7) is 2.58. The Morgan fingerprint density at radius 3 is 2.74 bits per heavy atom. The van der Waals surface area contributed by atoms with E-state index in [9.17, 15) is 9.90 Å². The molecule has 0 atom stereocenters. The number of halogens is 1. The highest BCUT2D eigenvalue weighted by atomic mass is 79.9. The van der Waals surface area contributed by atoms with E-state index in [0.717, 1.165) is 20.6 Å². The quantitative estimate of drug-likeness (QED) is 0.909. The number of carbonyl (C=O) groups is 1. The highest BCUT2D eigenvalue weighted by molar-refractivity contribution is 9.11. The molecular formula is C14H14BrNO2S. The smallest absolute Gasteiger partial charge is 0.337 e. The van der Waals surface area contributed by atoms with Crippen LogP contribution in [0.5, 0.6) is 0 Å². The summed E-state index contributed by atoms with van der Waals surface area (Å²) in [7, 11) is 1.91. The number of hydrogen-bond acceptors (Lipinski definition) is 3. The largest absolute Gasteiger partial charge is 0.478 e. The number of anilines is 1. The van der Waals surface area contributed by atoms with E-state index in [2.05, 4.69) is 27.4 Å². The molecule has 100 valence electrons. The fourth-order valence-electron chi connectivity index (χ4n) is 1.94. The summed E-state index contributed by atoms with van der Waals surface area (Å²) in [5, 5.41) is 11.3. The zero-order chi connectivity index (χ0) is 14.0. The van der Waals surface area contributed by atoms with Crippen LogP contribution in [0.4, 0.5) is 5.69 Å². The second-order valence-corrected chi connectivity index (χ2v) is 6.73. The molecule has 0 saturated carbocycles. The van der Waals surface area contributed by atoms with Gasteiger partial charge in [-0.2, -0.15) is 0 Å². The molecule has 1 heterocycles. The lowest BCUT2D eigenvalue weighted by molar-refractivity contribution is 0.0697. The van der Waals surface area contributed by atoms with Gasteiger partial charge in [0.25, 0.3) is 0 Å². The fraction of sp³-hybridized carbons (Fsp3) is 0.214. The summed E-state index contributed by atoms with van der Waals surface area (Å²) in [6.07, 6.45) is 0. The molecule has 2 rings (SSSR count). The summed E-state index contributed by atoms with van der Waals surface area (Å²) >= 11 is 5.06. The molecule has 0 saturated heterocycles. The molecule has 0 aliphatic heterocycles. The van der Waals surface area contributed by atoms with E-state index in [1.54, 1.807) is 17.4 Å². The Labute approximate surface area is 124 Å². The minimum atomic E-state index is -0.892. The van der Waals surface area contributed by atoms with Gasteiger partial charge < -0.3 is 10.0 Å². The van der Waals surface area contributed by atoms with Gasteiger partial charge in [-0.15, -0.1) is 11.3 Å². The molecule has 3 nitrogen and oxygen atoms in total. The number of aryl methyl sites for hydroxylation is 1. The van der Waals surface area contributed by atoms with E-state index < -0.39 is 5.97 Å². The average molecular weight is 340 g/mol. The predicted octanol–water partition coefficient (Wildman–Crippen LogP) is 4.15. The number of carboxylic acids is 1. The molecule has 2 aromatic rings. The van der Waals surface area contributed by atoms with Crippen LogP contribution in [-0.4, -0.2) is 18.1 Å². The van der Waals surface area contributed by atoms with Crippen molar-refractivity contribution in [3.05, 3.63) is 50.1 Å². The number of rotatable bonds is 4. The van der Waals surface area contributed by atoms with Crippen LogP contribution in [0.15, 0.2) is 33.4 Å². The second-order valence-electron chi connectivity index (χ2n) is 4.44. The van der Waals surface area contributed by atoms with Gasteiger partial charge in [-0.25, -0.2) is 4.79 Å². The molecule has 0 amide bonds. The van der Waals surface area contributed by atoms with Gasteiger partial charge in [-0.3, -0.25) is 0 Å². The van der Waals surface area contributed by atoms with Gasteiger partial charge in [-0.1, -0.05) is 11.6 Å². The minimum Gasteiger partial charge on any atom is -0.478 e. The lowest BCUT2D eigenvalue weighted by Gasteiger charge is -2.21. The van der Waals surface area contributed by atoms with Crippen molar-refractivity contribution in [1.82, 2.24) is 0 Å². The van der Waals surface area contributed by atoms with Crippen LogP contribution < -0.4 is 4.90 Å². The Kier molecular flexibility index (Phi) is 4.27. The molecule has 5 heteroatoms. The van der Waals surface area contributed by atoms with Crippen LogP contribution in [0.25, 0.3) is 0 Å². The van der Waals surface area contributed by atoms with Gasteiger partial charge in [0.1, 0.15) is 0 Å². The molecule has 1 aromatic heterocycles. The van der Waals surface area contributed by atoms with E-state index >= 15 is 0 Å². The van der Waals surface area contributed by atoms with Crippen molar-refractivity contribution < 1.29 is 9.90 Å². The normalized spacial score (nSPS) is 10.5. The number of nitrogens with zero attached hydrogens (tertiary/aromatic N) is 1. The van der Waals surface area contributed by atoms with Crippen molar-refractivity contribution >= 4 is 38.9 Å². The van der Waals surface area contributed by atoms with E-state index in [1.165, 1.54) is 0 Å². The zero-order valence-corrected chi connectivity index (χ0v) is 13.1. The first-order chi connectivity index (χ1) is 8.97. The highest BCUT2D eigenvalue weighted by Crippen LogP contribution is 2.26. The summed E-state index contributed by atoms with van der Waals surface area (Å²) in [5.41, 5.74) is 3.20. The van der Waals surface area contributed by atoms with Gasteiger partial charge in [0.2, 0.25) is 0 Å². The van der Waals surface area contributed by atoms with Crippen LogP contribution in [0, 0.1) is 6.92 Å². The number of thiophene rings is 1. The molecule has 0 bridgehead atoms. The summed E-state index contributed by atoms with van der Waals surface area (Å²) in [6, 6.07) is 7.55. The zero-order valence-electron chi connectivity index (χ0n) is 10.7. The Morgan fingerprint density at radius 1 is 1.42 bits per heavy atom. The average Bonchev–Trinajstić information content (AvgIpc) is 2.74. The summed E-state index contributed by atoms with van der Waals surface area (Å²) in [5.74, 6) is -0.892. The van der Waals surface area contributed by atoms with Crippen LogP contribution in [0.2, 0.25) is 0 Å². The molecule has 0 aliphatic carbocycles. The number of aromatic carboxylic acids is 1. The van der Waals surface area contributed by atoms with Crippen LogP contribution in [0.3, 0.4) is 0 Å². The van der Waals surface area contributed by atoms with Crippen LogP contribution in [0.1, 0.15) is 21.5 Å². The Balaban J connectivity index is 2.28. The number of carboxylic acid groups (broad SMARTS) is 1. The molecule has 0 fully saturated rings.